The smallest absolute Gasteiger partial charge is 0.0605 e. The fourth-order valence-electron chi connectivity index (χ4n) is 1.49. The van der Waals surface area contributed by atoms with Gasteiger partial charge in [0.05, 0.1) is 6.04 Å². The van der Waals surface area contributed by atoms with Crippen molar-refractivity contribution in [3.05, 3.63) is 24.4 Å². The van der Waals surface area contributed by atoms with Gasteiger partial charge in [-0.05, 0) is 13.0 Å². The van der Waals surface area contributed by atoms with E-state index in [-0.39, 0.29) is 0 Å². The topological polar surface area (TPSA) is 6.48 Å². The summed E-state index contributed by atoms with van der Waals surface area (Å²) in [6.45, 7) is 8.71. The molecule has 0 saturated heterocycles. The molecule has 0 spiro atoms. The molecule has 1 unspecified atom stereocenters. The van der Waals surface area contributed by atoms with Crippen molar-refractivity contribution in [1.82, 2.24) is 10.0 Å². The number of nitrogens with zero attached hydrogens (tertiary/aromatic N) is 2. The minimum absolute atomic E-state index is 0.495. The molecule has 0 bridgehead atoms. The summed E-state index contributed by atoms with van der Waals surface area (Å²) >= 11 is 0. The van der Waals surface area contributed by atoms with E-state index in [9.17, 15) is 0 Å². The van der Waals surface area contributed by atoms with Crippen molar-refractivity contribution in [3.63, 3.8) is 0 Å². The van der Waals surface area contributed by atoms with Crippen LogP contribution in [0.4, 0.5) is 0 Å². The average molecular weight is 166 g/mol. The van der Waals surface area contributed by atoms with Crippen LogP contribution in [0.2, 0.25) is 0 Å². The van der Waals surface area contributed by atoms with Gasteiger partial charge in [0.15, 0.2) is 0 Å². The van der Waals surface area contributed by atoms with E-state index in [1.54, 1.807) is 0 Å². The monoisotopic (exact) mass is 166 g/mol. The van der Waals surface area contributed by atoms with E-state index in [0.717, 1.165) is 13.1 Å². The molecule has 2 heteroatoms. The SMILES string of the molecule is CCN(CC)N1C=CC=CC1C. The van der Waals surface area contributed by atoms with Crippen LogP contribution < -0.4 is 0 Å². The fourth-order valence-corrected chi connectivity index (χ4v) is 1.49. The van der Waals surface area contributed by atoms with Crippen LogP contribution in [0.3, 0.4) is 0 Å². The highest BCUT2D eigenvalue weighted by Crippen LogP contribution is 2.10. The molecular weight excluding hydrogens is 148 g/mol. The van der Waals surface area contributed by atoms with Crippen LogP contribution in [0.25, 0.3) is 0 Å². The van der Waals surface area contributed by atoms with Gasteiger partial charge in [0.1, 0.15) is 0 Å². The van der Waals surface area contributed by atoms with Crippen LogP contribution in [-0.2, 0) is 0 Å². The van der Waals surface area contributed by atoms with Gasteiger partial charge in [0, 0.05) is 19.3 Å². The molecule has 1 aliphatic heterocycles. The van der Waals surface area contributed by atoms with Crippen LogP contribution >= 0.6 is 0 Å². The van der Waals surface area contributed by atoms with E-state index < -0.39 is 0 Å². The maximum absolute atomic E-state index is 2.32. The zero-order valence-corrected chi connectivity index (χ0v) is 8.20. The molecule has 12 heavy (non-hydrogen) atoms. The Kier molecular flexibility index (Phi) is 3.35. The van der Waals surface area contributed by atoms with E-state index in [2.05, 4.69) is 55.2 Å². The highest BCUT2D eigenvalue weighted by Gasteiger charge is 2.13. The van der Waals surface area contributed by atoms with Gasteiger partial charge in [-0.3, -0.25) is 0 Å². The summed E-state index contributed by atoms with van der Waals surface area (Å²) in [6, 6.07) is 0.495. The van der Waals surface area contributed by atoms with Crippen molar-refractivity contribution in [2.75, 3.05) is 13.1 Å². The Morgan fingerprint density at radius 2 is 1.92 bits per heavy atom. The van der Waals surface area contributed by atoms with Crippen molar-refractivity contribution < 1.29 is 0 Å². The van der Waals surface area contributed by atoms with Gasteiger partial charge in [-0.2, -0.15) is 0 Å². The third-order valence-electron chi connectivity index (χ3n) is 2.21. The summed E-state index contributed by atoms with van der Waals surface area (Å²) in [5, 5.41) is 4.60. The summed E-state index contributed by atoms with van der Waals surface area (Å²) < 4.78 is 0. The van der Waals surface area contributed by atoms with Crippen LogP contribution in [0.5, 0.6) is 0 Å². The van der Waals surface area contributed by atoms with Gasteiger partial charge < -0.3 is 5.01 Å². The van der Waals surface area contributed by atoms with Gasteiger partial charge in [-0.15, -0.1) is 0 Å². The van der Waals surface area contributed by atoms with Gasteiger partial charge in [0.25, 0.3) is 0 Å². The van der Waals surface area contributed by atoms with E-state index >= 15 is 0 Å². The minimum atomic E-state index is 0.495. The summed E-state index contributed by atoms with van der Waals surface area (Å²) in [5.74, 6) is 0. The zero-order valence-electron chi connectivity index (χ0n) is 8.20. The number of hydrogen-bond donors (Lipinski definition) is 0. The van der Waals surface area contributed by atoms with E-state index in [0.29, 0.717) is 6.04 Å². The summed E-state index contributed by atoms with van der Waals surface area (Å²) in [6.07, 6.45) is 8.53. The molecule has 0 aliphatic carbocycles. The molecule has 0 aromatic rings. The number of rotatable bonds is 3. The highest BCUT2D eigenvalue weighted by atomic mass is 15.6. The number of hydrogen-bond acceptors (Lipinski definition) is 2. The fraction of sp³-hybridized carbons (Fsp3) is 0.600. The normalized spacial score (nSPS) is 22.3. The molecule has 0 radical (unpaired) electrons. The molecule has 0 N–H and O–H groups in total. The van der Waals surface area contributed by atoms with Crippen LogP contribution in [0.15, 0.2) is 24.4 Å². The quantitative estimate of drug-likeness (QED) is 0.633. The Morgan fingerprint density at radius 1 is 1.25 bits per heavy atom. The predicted molar refractivity (Wildman–Crippen MR) is 52.5 cm³/mol. The van der Waals surface area contributed by atoms with Gasteiger partial charge >= 0.3 is 0 Å². The van der Waals surface area contributed by atoms with Gasteiger partial charge in [-0.1, -0.05) is 26.0 Å². The maximum Gasteiger partial charge on any atom is 0.0605 e. The first-order valence-electron chi connectivity index (χ1n) is 4.67. The lowest BCUT2D eigenvalue weighted by Crippen LogP contribution is -2.43. The maximum atomic E-state index is 2.32. The van der Waals surface area contributed by atoms with Crippen molar-refractivity contribution in [2.45, 2.75) is 26.8 Å². The molecule has 2 nitrogen and oxygen atoms in total. The molecule has 1 aliphatic rings. The first kappa shape index (κ1) is 9.33. The standard InChI is InChI=1S/C10H18N2/c1-4-11(5-2)12-9-7-6-8-10(12)3/h6-10H,4-5H2,1-3H3. The van der Waals surface area contributed by atoms with Crippen molar-refractivity contribution in [1.29, 1.82) is 0 Å². The minimum Gasteiger partial charge on any atom is -0.306 e. The average Bonchev–Trinajstić information content (AvgIpc) is 2.10. The molecule has 1 atom stereocenters. The number of allylic oxidation sites excluding steroid dienone is 2. The van der Waals surface area contributed by atoms with E-state index in [1.807, 2.05) is 0 Å². The molecule has 1 heterocycles. The van der Waals surface area contributed by atoms with Crippen LogP contribution in [0, 0.1) is 0 Å². The van der Waals surface area contributed by atoms with Gasteiger partial charge in [-0.25, -0.2) is 5.01 Å². The Morgan fingerprint density at radius 3 is 2.42 bits per heavy atom. The molecule has 0 aromatic carbocycles. The summed E-state index contributed by atoms with van der Waals surface area (Å²) in [7, 11) is 0. The summed E-state index contributed by atoms with van der Waals surface area (Å²) in [5.41, 5.74) is 0. The van der Waals surface area contributed by atoms with Crippen molar-refractivity contribution in [3.8, 4) is 0 Å². The number of hydrazine groups is 1. The molecular formula is C10H18N2. The Labute approximate surface area is 75.1 Å². The Bertz CT molecular complexity index is 180. The van der Waals surface area contributed by atoms with E-state index in [1.165, 1.54) is 0 Å². The lowest BCUT2D eigenvalue weighted by atomic mass is 10.2. The summed E-state index contributed by atoms with van der Waals surface area (Å²) in [4.78, 5) is 0. The molecule has 1 rings (SSSR count). The largest absolute Gasteiger partial charge is 0.306 e. The molecule has 0 saturated carbocycles. The Balaban J connectivity index is 2.60. The van der Waals surface area contributed by atoms with E-state index in [4.69, 9.17) is 0 Å². The second-order valence-corrected chi connectivity index (χ2v) is 2.99. The highest BCUT2D eigenvalue weighted by molar-refractivity contribution is 5.11. The Hall–Kier alpha value is -0.760. The first-order valence-corrected chi connectivity index (χ1v) is 4.67. The predicted octanol–water partition coefficient (Wildman–Crippen LogP) is 2.02. The lowest BCUT2D eigenvalue weighted by Gasteiger charge is -2.37. The molecule has 68 valence electrons. The van der Waals surface area contributed by atoms with Crippen molar-refractivity contribution >= 4 is 0 Å². The van der Waals surface area contributed by atoms with Gasteiger partial charge in [0.2, 0.25) is 0 Å². The lowest BCUT2D eigenvalue weighted by molar-refractivity contribution is 0.0131. The molecule has 0 aromatic heterocycles. The second kappa shape index (κ2) is 4.31. The third kappa shape index (κ3) is 1.89. The second-order valence-electron chi connectivity index (χ2n) is 2.99. The molecule has 0 fully saturated rings. The van der Waals surface area contributed by atoms with Crippen LogP contribution in [-0.4, -0.2) is 29.1 Å². The van der Waals surface area contributed by atoms with Crippen LogP contribution in [0.1, 0.15) is 20.8 Å². The third-order valence-corrected chi connectivity index (χ3v) is 2.21. The zero-order chi connectivity index (χ0) is 8.97. The molecule has 0 amide bonds. The van der Waals surface area contributed by atoms with Crippen molar-refractivity contribution in [2.24, 2.45) is 0 Å². The first-order chi connectivity index (χ1) is 5.79.